The quantitative estimate of drug-likeness (QED) is 0.904. The Balaban J connectivity index is 1.90. The van der Waals surface area contributed by atoms with Gasteiger partial charge < -0.3 is 0 Å². The topological polar surface area (TPSA) is 72.0 Å². The third kappa shape index (κ3) is 2.07. The normalized spacial score (nSPS) is 16.9. The van der Waals surface area contributed by atoms with E-state index in [1.165, 1.54) is 0 Å². The second-order valence-electron chi connectivity index (χ2n) is 4.78. The fourth-order valence-electron chi connectivity index (χ4n) is 2.57. The fraction of sp³-hybridized carbons (Fsp3) is 0.200. The maximum atomic E-state index is 12.3. The van der Waals surface area contributed by atoms with E-state index in [-0.39, 0.29) is 24.1 Å². The number of nitrogens with zero attached hydrogens (tertiary/aromatic N) is 2. The van der Waals surface area contributed by atoms with Crippen molar-refractivity contribution >= 4 is 17.6 Å². The van der Waals surface area contributed by atoms with Crippen molar-refractivity contribution in [2.24, 2.45) is 0 Å². The molecule has 1 unspecified atom stereocenters. The Morgan fingerprint density at radius 2 is 2.00 bits per heavy atom. The van der Waals surface area contributed by atoms with Crippen LogP contribution in [0, 0.1) is 6.92 Å². The van der Waals surface area contributed by atoms with Gasteiger partial charge in [-0.2, -0.15) is 0 Å². The van der Waals surface area contributed by atoms with E-state index in [2.05, 4.69) is 15.3 Å². The average Bonchev–Trinajstić information content (AvgIpc) is 2.79. The van der Waals surface area contributed by atoms with Crippen LogP contribution in [0.2, 0.25) is 0 Å². The van der Waals surface area contributed by atoms with Gasteiger partial charge in [0.25, 0.3) is 0 Å². The first kappa shape index (κ1) is 12.5. The molecule has 1 amide bonds. The first-order valence-electron chi connectivity index (χ1n) is 6.37. The number of nitrogens with one attached hydrogen (secondary N) is 1. The van der Waals surface area contributed by atoms with Gasteiger partial charge in [-0.3, -0.25) is 14.9 Å². The van der Waals surface area contributed by atoms with Gasteiger partial charge in [-0.15, -0.1) is 0 Å². The molecule has 0 aliphatic heterocycles. The van der Waals surface area contributed by atoms with Crippen LogP contribution >= 0.6 is 0 Å². The number of Topliss-reactive ketones (excluding diaryl/α,β-unsaturated/α-hetero) is 1. The van der Waals surface area contributed by atoms with Gasteiger partial charge in [-0.1, -0.05) is 18.2 Å². The molecule has 100 valence electrons. The molecular formula is C15H13N3O2. The van der Waals surface area contributed by atoms with Crippen molar-refractivity contribution in [3.05, 3.63) is 53.3 Å². The number of aromatic nitrogens is 2. The van der Waals surface area contributed by atoms with Crippen molar-refractivity contribution < 1.29 is 9.59 Å². The number of carbonyl (C=O) groups excluding carboxylic acids is 2. The summed E-state index contributed by atoms with van der Waals surface area (Å²) in [4.78, 5) is 32.2. The lowest BCUT2D eigenvalue weighted by Crippen LogP contribution is -2.21. The highest BCUT2D eigenvalue weighted by Gasteiger charge is 2.35. The molecule has 0 saturated carbocycles. The van der Waals surface area contributed by atoms with Gasteiger partial charge in [0, 0.05) is 24.4 Å². The molecule has 1 atom stereocenters. The van der Waals surface area contributed by atoms with E-state index < -0.39 is 5.92 Å². The van der Waals surface area contributed by atoms with Crippen LogP contribution in [-0.2, 0) is 4.79 Å². The Hall–Kier alpha value is -2.56. The molecule has 20 heavy (non-hydrogen) atoms. The third-order valence-corrected chi connectivity index (χ3v) is 3.48. The number of carbonyl (C=O) groups is 2. The lowest BCUT2D eigenvalue weighted by Gasteiger charge is -2.12. The highest BCUT2D eigenvalue weighted by Crippen LogP contribution is 2.35. The van der Waals surface area contributed by atoms with Crippen molar-refractivity contribution in [2.45, 2.75) is 19.3 Å². The van der Waals surface area contributed by atoms with Gasteiger partial charge in [-0.25, -0.2) is 9.97 Å². The summed E-state index contributed by atoms with van der Waals surface area (Å²) in [5, 5.41) is 2.66. The van der Waals surface area contributed by atoms with Gasteiger partial charge in [-0.05, 0) is 24.1 Å². The first-order valence-corrected chi connectivity index (χ1v) is 6.37. The Labute approximate surface area is 116 Å². The Morgan fingerprint density at radius 1 is 1.25 bits per heavy atom. The lowest BCUT2D eigenvalue weighted by atomic mass is 9.96. The second kappa shape index (κ2) is 4.85. The third-order valence-electron chi connectivity index (χ3n) is 3.48. The standard InChI is InChI=1S/C15H13N3O2/c1-9-4-2-5-10-12(19)8-11(13(9)10)14(20)18-15-16-6-3-7-17-15/h2-7,11H,8H2,1H3,(H,16,17,18,20). The van der Waals surface area contributed by atoms with Gasteiger partial charge in [0.2, 0.25) is 11.9 Å². The van der Waals surface area contributed by atoms with Crippen LogP contribution in [0.25, 0.3) is 0 Å². The van der Waals surface area contributed by atoms with Gasteiger partial charge >= 0.3 is 0 Å². The molecule has 1 aromatic carbocycles. The maximum absolute atomic E-state index is 12.3. The number of hydrogen-bond donors (Lipinski definition) is 1. The van der Waals surface area contributed by atoms with Crippen molar-refractivity contribution in [2.75, 3.05) is 5.32 Å². The van der Waals surface area contributed by atoms with E-state index in [9.17, 15) is 9.59 Å². The van der Waals surface area contributed by atoms with E-state index in [1.54, 1.807) is 24.5 Å². The van der Waals surface area contributed by atoms with Crippen LogP contribution < -0.4 is 5.32 Å². The smallest absolute Gasteiger partial charge is 0.234 e. The summed E-state index contributed by atoms with van der Waals surface area (Å²) in [5.41, 5.74) is 2.44. The molecule has 5 nitrogen and oxygen atoms in total. The summed E-state index contributed by atoms with van der Waals surface area (Å²) >= 11 is 0. The minimum Gasteiger partial charge on any atom is -0.294 e. The molecule has 1 aromatic heterocycles. The minimum atomic E-state index is -0.456. The Kier molecular flexibility index (Phi) is 3.02. The highest BCUT2D eigenvalue weighted by atomic mass is 16.2. The van der Waals surface area contributed by atoms with Gasteiger partial charge in [0.1, 0.15) is 0 Å². The van der Waals surface area contributed by atoms with E-state index >= 15 is 0 Å². The number of hydrogen-bond acceptors (Lipinski definition) is 4. The molecule has 0 bridgehead atoms. The average molecular weight is 267 g/mol. The number of anilines is 1. The molecule has 5 heteroatoms. The van der Waals surface area contributed by atoms with Crippen molar-refractivity contribution in [1.29, 1.82) is 0 Å². The largest absolute Gasteiger partial charge is 0.294 e. The molecule has 1 N–H and O–H groups in total. The second-order valence-corrected chi connectivity index (χ2v) is 4.78. The molecular weight excluding hydrogens is 254 g/mol. The molecule has 1 aliphatic rings. The number of aryl methyl sites for hydroxylation is 1. The molecule has 0 fully saturated rings. The SMILES string of the molecule is Cc1cccc2c1C(C(=O)Nc1ncccn1)CC2=O. The van der Waals surface area contributed by atoms with Crippen LogP contribution in [0.1, 0.15) is 33.8 Å². The molecule has 0 spiro atoms. The highest BCUT2D eigenvalue weighted by molar-refractivity contribution is 6.09. The summed E-state index contributed by atoms with van der Waals surface area (Å²) in [6.45, 7) is 1.91. The van der Waals surface area contributed by atoms with E-state index in [0.717, 1.165) is 11.1 Å². The maximum Gasteiger partial charge on any atom is 0.234 e. The molecule has 1 heterocycles. The number of rotatable bonds is 2. The van der Waals surface area contributed by atoms with E-state index in [0.29, 0.717) is 5.56 Å². The van der Waals surface area contributed by atoms with Crippen molar-refractivity contribution in [3.63, 3.8) is 0 Å². The van der Waals surface area contributed by atoms with E-state index in [1.807, 2.05) is 19.1 Å². The number of fused-ring (bicyclic) bond motifs is 1. The zero-order valence-corrected chi connectivity index (χ0v) is 11.0. The van der Waals surface area contributed by atoms with Crippen LogP contribution in [0.5, 0.6) is 0 Å². The predicted octanol–water partition coefficient (Wildman–Crippen LogP) is 2.09. The summed E-state index contributed by atoms with van der Waals surface area (Å²) < 4.78 is 0. The predicted molar refractivity (Wildman–Crippen MR) is 73.5 cm³/mol. The molecule has 3 rings (SSSR count). The minimum absolute atomic E-state index is 0.0119. The number of benzene rings is 1. The Morgan fingerprint density at radius 3 is 2.75 bits per heavy atom. The first-order chi connectivity index (χ1) is 9.66. The fourth-order valence-corrected chi connectivity index (χ4v) is 2.57. The Bertz CT molecular complexity index is 683. The van der Waals surface area contributed by atoms with Crippen molar-refractivity contribution in [3.8, 4) is 0 Å². The summed E-state index contributed by atoms with van der Waals surface area (Å²) in [5.74, 6) is -0.426. The monoisotopic (exact) mass is 267 g/mol. The van der Waals surface area contributed by atoms with Crippen LogP contribution in [-0.4, -0.2) is 21.7 Å². The zero-order valence-electron chi connectivity index (χ0n) is 11.0. The van der Waals surface area contributed by atoms with Crippen LogP contribution in [0.3, 0.4) is 0 Å². The van der Waals surface area contributed by atoms with E-state index in [4.69, 9.17) is 0 Å². The van der Waals surface area contributed by atoms with Crippen LogP contribution in [0.4, 0.5) is 5.95 Å². The molecule has 0 radical (unpaired) electrons. The molecule has 2 aromatic rings. The molecule has 0 saturated heterocycles. The van der Waals surface area contributed by atoms with Crippen molar-refractivity contribution in [1.82, 2.24) is 9.97 Å². The molecule has 1 aliphatic carbocycles. The summed E-state index contributed by atoms with van der Waals surface area (Å²) in [7, 11) is 0. The zero-order chi connectivity index (χ0) is 14.1. The van der Waals surface area contributed by atoms with Gasteiger partial charge in [0.15, 0.2) is 5.78 Å². The lowest BCUT2D eigenvalue weighted by molar-refractivity contribution is -0.117. The van der Waals surface area contributed by atoms with Crippen LogP contribution in [0.15, 0.2) is 36.7 Å². The number of ketones is 1. The number of amides is 1. The van der Waals surface area contributed by atoms with Gasteiger partial charge in [0.05, 0.1) is 5.92 Å². The summed E-state index contributed by atoms with van der Waals surface area (Å²) in [6.07, 6.45) is 3.32. The summed E-state index contributed by atoms with van der Waals surface area (Å²) in [6, 6.07) is 7.20.